The zero-order valence-electron chi connectivity index (χ0n) is 10.5. The molecule has 7 nitrogen and oxygen atoms in total. The van der Waals surface area contributed by atoms with Gasteiger partial charge in [-0.15, -0.1) is 0 Å². The average Bonchev–Trinajstić information content (AvgIpc) is 2.77. The summed E-state index contributed by atoms with van der Waals surface area (Å²) in [5.74, 6) is -0.960. The van der Waals surface area contributed by atoms with Crippen LogP contribution < -0.4 is 5.32 Å². The molecule has 0 radical (unpaired) electrons. The van der Waals surface area contributed by atoms with Gasteiger partial charge in [0.25, 0.3) is 0 Å². The highest BCUT2D eigenvalue weighted by Crippen LogP contribution is 2.31. The maximum absolute atomic E-state index is 11.0. The first-order valence-electron chi connectivity index (χ1n) is 6.08. The molecule has 0 bridgehead atoms. The summed E-state index contributed by atoms with van der Waals surface area (Å²) in [6.07, 6.45) is 3.26. The van der Waals surface area contributed by atoms with E-state index in [9.17, 15) is 14.9 Å². The van der Waals surface area contributed by atoms with Gasteiger partial charge in [0.2, 0.25) is 5.82 Å². The van der Waals surface area contributed by atoms with Crippen molar-refractivity contribution in [2.75, 3.05) is 5.32 Å². The van der Waals surface area contributed by atoms with Crippen molar-refractivity contribution in [2.24, 2.45) is 5.92 Å². The first-order valence-corrected chi connectivity index (χ1v) is 6.08. The van der Waals surface area contributed by atoms with Crippen molar-refractivity contribution in [3.63, 3.8) is 0 Å². The second-order valence-corrected chi connectivity index (χ2v) is 4.77. The smallest absolute Gasteiger partial charge is 0.314 e. The van der Waals surface area contributed by atoms with Crippen LogP contribution in [0.15, 0.2) is 12.3 Å². The van der Waals surface area contributed by atoms with Crippen molar-refractivity contribution >= 4 is 17.5 Å². The molecule has 19 heavy (non-hydrogen) atoms. The Morgan fingerprint density at radius 2 is 2.32 bits per heavy atom. The van der Waals surface area contributed by atoms with Crippen LogP contribution in [0.3, 0.4) is 0 Å². The van der Waals surface area contributed by atoms with Crippen molar-refractivity contribution in [3.8, 4) is 0 Å². The van der Waals surface area contributed by atoms with Crippen LogP contribution in [0.2, 0.25) is 0 Å². The van der Waals surface area contributed by atoms with Gasteiger partial charge >= 0.3 is 11.7 Å². The van der Waals surface area contributed by atoms with Gasteiger partial charge in [-0.25, -0.2) is 4.98 Å². The van der Waals surface area contributed by atoms with Crippen LogP contribution in [-0.4, -0.2) is 27.0 Å². The Labute approximate surface area is 109 Å². The highest BCUT2D eigenvalue weighted by molar-refractivity contribution is 5.70. The van der Waals surface area contributed by atoms with Crippen LogP contribution in [-0.2, 0) is 4.79 Å². The van der Waals surface area contributed by atoms with Gasteiger partial charge in [0.1, 0.15) is 0 Å². The molecule has 1 aromatic rings. The Hall–Kier alpha value is -2.18. The minimum atomic E-state index is -0.809. The molecular weight excluding hydrogens is 250 g/mol. The maximum atomic E-state index is 11.0. The zero-order valence-corrected chi connectivity index (χ0v) is 10.5. The van der Waals surface area contributed by atoms with Gasteiger partial charge in [-0.3, -0.25) is 14.9 Å². The predicted molar refractivity (Wildman–Crippen MR) is 68.0 cm³/mol. The molecule has 1 heterocycles. The summed E-state index contributed by atoms with van der Waals surface area (Å²) in [4.78, 5) is 25.4. The molecule has 0 amide bonds. The third-order valence-corrected chi connectivity index (χ3v) is 3.43. The summed E-state index contributed by atoms with van der Waals surface area (Å²) in [6.45, 7) is 1.65. The number of nitrogens with zero attached hydrogens (tertiary/aromatic N) is 2. The number of nitrogens with one attached hydrogen (secondary N) is 1. The minimum Gasteiger partial charge on any atom is -0.481 e. The number of anilines is 1. The number of hydrogen-bond donors (Lipinski definition) is 2. The average molecular weight is 265 g/mol. The normalized spacial score (nSPS) is 22.2. The van der Waals surface area contributed by atoms with Gasteiger partial charge in [-0.2, -0.15) is 0 Å². The molecule has 1 aromatic heterocycles. The number of carbonyl (C=O) groups is 1. The lowest BCUT2D eigenvalue weighted by Gasteiger charge is -2.13. The number of hydrogen-bond acceptors (Lipinski definition) is 5. The van der Waals surface area contributed by atoms with Crippen LogP contribution in [0.5, 0.6) is 0 Å². The first-order chi connectivity index (χ1) is 8.99. The highest BCUT2D eigenvalue weighted by atomic mass is 16.6. The fraction of sp³-hybridized carbons (Fsp3) is 0.500. The Morgan fingerprint density at radius 3 is 2.89 bits per heavy atom. The molecule has 0 saturated heterocycles. The third kappa shape index (κ3) is 2.81. The van der Waals surface area contributed by atoms with Crippen molar-refractivity contribution in [1.29, 1.82) is 0 Å². The van der Waals surface area contributed by atoms with E-state index in [0.29, 0.717) is 24.8 Å². The van der Waals surface area contributed by atoms with Crippen LogP contribution in [0.1, 0.15) is 24.8 Å². The molecule has 1 saturated carbocycles. The van der Waals surface area contributed by atoms with Crippen molar-refractivity contribution in [2.45, 2.75) is 32.2 Å². The molecule has 0 spiro atoms. The number of pyridine rings is 1. The largest absolute Gasteiger partial charge is 0.481 e. The number of nitro groups is 1. The Morgan fingerprint density at radius 1 is 1.58 bits per heavy atom. The number of rotatable bonds is 4. The topological polar surface area (TPSA) is 105 Å². The van der Waals surface area contributed by atoms with E-state index in [1.165, 1.54) is 6.20 Å². The van der Waals surface area contributed by atoms with E-state index in [1.807, 2.05) is 0 Å². The lowest BCUT2D eigenvalue weighted by Crippen LogP contribution is -2.19. The molecule has 1 aliphatic carbocycles. The van der Waals surface area contributed by atoms with E-state index in [-0.39, 0.29) is 23.5 Å². The van der Waals surface area contributed by atoms with E-state index in [0.717, 1.165) is 0 Å². The summed E-state index contributed by atoms with van der Waals surface area (Å²) in [5, 5.41) is 23.0. The summed E-state index contributed by atoms with van der Waals surface area (Å²) in [6, 6.07) is 1.51. The highest BCUT2D eigenvalue weighted by Gasteiger charge is 2.31. The molecule has 1 aliphatic rings. The van der Waals surface area contributed by atoms with Gasteiger partial charge in [0, 0.05) is 17.8 Å². The van der Waals surface area contributed by atoms with Gasteiger partial charge in [0.15, 0.2) is 0 Å². The van der Waals surface area contributed by atoms with Gasteiger partial charge in [0.05, 0.1) is 10.8 Å². The second-order valence-electron chi connectivity index (χ2n) is 4.77. The first kappa shape index (κ1) is 13.3. The third-order valence-electron chi connectivity index (χ3n) is 3.43. The zero-order chi connectivity index (χ0) is 14.0. The van der Waals surface area contributed by atoms with Gasteiger partial charge in [-0.05, 0) is 32.3 Å². The lowest BCUT2D eigenvalue weighted by molar-refractivity contribution is -0.384. The molecular formula is C12H15N3O4. The van der Waals surface area contributed by atoms with E-state index >= 15 is 0 Å². The number of aliphatic carboxylic acids is 1. The quantitative estimate of drug-likeness (QED) is 0.636. The molecule has 0 unspecified atom stereocenters. The predicted octanol–water partition coefficient (Wildman–Crippen LogP) is 1.96. The number of carboxylic acids is 1. The number of aromatic nitrogens is 1. The summed E-state index contributed by atoms with van der Waals surface area (Å²) < 4.78 is 0. The van der Waals surface area contributed by atoms with Crippen LogP contribution in [0.25, 0.3) is 0 Å². The summed E-state index contributed by atoms with van der Waals surface area (Å²) in [5.41, 5.74) is 0.497. The molecule has 7 heteroatoms. The van der Waals surface area contributed by atoms with E-state index in [2.05, 4.69) is 10.3 Å². The lowest BCUT2D eigenvalue weighted by atomic mass is 10.1. The van der Waals surface area contributed by atoms with E-state index in [1.54, 1.807) is 13.0 Å². The molecule has 2 rings (SSSR count). The van der Waals surface area contributed by atoms with Crippen molar-refractivity contribution in [3.05, 3.63) is 27.9 Å². The molecule has 1 fully saturated rings. The fourth-order valence-corrected chi connectivity index (χ4v) is 2.42. The maximum Gasteiger partial charge on any atom is 0.314 e. The SMILES string of the molecule is Cc1ccnc(N[C@H]2CC[C@@H](C(=O)O)C2)c1[N+](=O)[O-]. The van der Waals surface area contributed by atoms with Crippen LogP contribution in [0.4, 0.5) is 11.5 Å². The molecule has 0 aromatic carbocycles. The van der Waals surface area contributed by atoms with Crippen molar-refractivity contribution in [1.82, 2.24) is 4.98 Å². The number of carboxylic acid groups (broad SMARTS) is 1. The summed E-state index contributed by atoms with van der Waals surface area (Å²) in [7, 11) is 0. The molecule has 2 N–H and O–H groups in total. The Balaban J connectivity index is 2.14. The van der Waals surface area contributed by atoms with Crippen molar-refractivity contribution < 1.29 is 14.8 Å². The standard InChI is InChI=1S/C12H15N3O4/c1-7-4-5-13-11(10(7)15(18)19)14-9-3-2-8(6-9)12(16)17/h4-5,8-9H,2-3,6H2,1H3,(H,13,14)(H,16,17)/t8-,9+/m1/s1. The number of aryl methyl sites for hydroxylation is 1. The minimum absolute atomic E-state index is 0.0405. The van der Waals surface area contributed by atoms with Crippen LogP contribution in [0, 0.1) is 23.0 Å². The van der Waals surface area contributed by atoms with Gasteiger partial charge in [-0.1, -0.05) is 0 Å². The molecule has 102 valence electrons. The van der Waals surface area contributed by atoms with Crippen LogP contribution >= 0.6 is 0 Å². The Kier molecular flexibility index (Phi) is 3.64. The second kappa shape index (κ2) is 5.21. The van der Waals surface area contributed by atoms with E-state index < -0.39 is 10.9 Å². The summed E-state index contributed by atoms with van der Waals surface area (Å²) >= 11 is 0. The van der Waals surface area contributed by atoms with Gasteiger partial charge < -0.3 is 10.4 Å². The Bertz CT molecular complexity index is 518. The monoisotopic (exact) mass is 265 g/mol. The molecule has 2 atom stereocenters. The molecule has 0 aliphatic heterocycles. The fourth-order valence-electron chi connectivity index (χ4n) is 2.42. The van der Waals surface area contributed by atoms with E-state index in [4.69, 9.17) is 5.11 Å².